The minimum Gasteiger partial charge on any atom is -0.466 e. The van der Waals surface area contributed by atoms with Gasteiger partial charge in [-0.15, -0.1) is 0 Å². The second-order valence-electron chi connectivity index (χ2n) is 5.58. The van der Waals surface area contributed by atoms with E-state index in [1.54, 1.807) is 26.0 Å². The molecule has 8 heteroatoms. The predicted molar refractivity (Wildman–Crippen MR) is 91.6 cm³/mol. The molecule has 136 valence electrons. The van der Waals surface area contributed by atoms with Crippen molar-refractivity contribution in [2.75, 3.05) is 11.9 Å². The van der Waals surface area contributed by atoms with E-state index in [1.807, 2.05) is 0 Å². The Bertz CT molecular complexity index is 659. The van der Waals surface area contributed by atoms with Crippen molar-refractivity contribution in [2.45, 2.75) is 33.2 Å². The molecular formula is C17H23N3O5. The molecule has 3 amide bonds. The van der Waals surface area contributed by atoms with Crippen LogP contribution < -0.4 is 16.4 Å². The molecule has 0 aliphatic rings. The Morgan fingerprint density at radius 1 is 1.24 bits per heavy atom. The Hall–Kier alpha value is -2.90. The standard InChI is InChI=1S/C17H23N3O5/c1-4-25-17(24)10(2)8-14(15(18)22)20-16(23)12-6-5-7-13(9-12)19-11(3)21/h5-7,9-10,14H,4,8H2,1-3H3,(H2,18,22)(H,19,21)(H,20,23)/t10-,14-/m0/s1. The maximum atomic E-state index is 12.3. The quantitative estimate of drug-likeness (QED) is 0.599. The number of rotatable bonds is 8. The Kier molecular flexibility index (Phi) is 7.58. The minimum atomic E-state index is -1.02. The molecule has 0 aromatic heterocycles. The van der Waals surface area contributed by atoms with E-state index in [9.17, 15) is 19.2 Å². The van der Waals surface area contributed by atoms with Crippen LogP contribution in [0.4, 0.5) is 5.69 Å². The van der Waals surface area contributed by atoms with Crippen molar-refractivity contribution in [3.05, 3.63) is 29.8 Å². The summed E-state index contributed by atoms with van der Waals surface area (Å²) in [5.74, 6) is -2.61. The third-order valence-electron chi connectivity index (χ3n) is 3.37. The van der Waals surface area contributed by atoms with E-state index in [1.165, 1.54) is 19.1 Å². The minimum absolute atomic E-state index is 0.0330. The molecule has 8 nitrogen and oxygen atoms in total. The monoisotopic (exact) mass is 349 g/mol. The van der Waals surface area contributed by atoms with Gasteiger partial charge in [-0.25, -0.2) is 0 Å². The van der Waals surface area contributed by atoms with Gasteiger partial charge in [-0.2, -0.15) is 0 Å². The van der Waals surface area contributed by atoms with Gasteiger partial charge in [0.2, 0.25) is 11.8 Å². The number of nitrogens with one attached hydrogen (secondary N) is 2. The van der Waals surface area contributed by atoms with E-state index in [0.717, 1.165) is 0 Å². The van der Waals surface area contributed by atoms with Gasteiger partial charge in [0.1, 0.15) is 6.04 Å². The smallest absolute Gasteiger partial charge is 0.308 e. The number of primary amides is 1. The van der Waals surface area contributed by atoms with Gasteiger partial charge in [0.05, 0.1) is 12.5 Å². The summed E-state index contributed by atoms with van der Waals surface area (Å²) in [6, 6.07) is 5.22. The van der Waals surface area contributed by atoms with Gasteiger partial charge >= 0.3 is 5.97 Å². The first-order chi connectivity index (χ1) is 11.7. The number of carbonyl (C=O) groups is 4. The van der Waals surface area contributed by atoms with Crippen LogP contribution in [0.2, 0.25) is 0 Å². The fourth-order valence-electron chi connectivity index (χ4n) is 2.16. The molecule has 0 spiro atoms. The molecule has 1 rings (SSSR count). The summed E-state index contributed by atoms with van der Waals surface area (Å²) in [6.45, 7) is 4.86. The molecular weight excluding hydrogens is 326 g/mol. The molecule has 1 aromatic carbocycles. The number of hydrogen-bond donors (Lipinski definition) is 3. The number of ether oxygens (including phenoxy) is 1. The Labute approximate surface area is 146 Å². The average Bonchev–Trinajstić information content (AvgIpc) is 2.53. The third-order valence-corrected chi connectivity index (χ3v) is 3.37. The number of amides is 3. The SMILES string of the molecule is CCOC(=O)[C@@H](C)C[C@H](NC(=O)c1cccc(NC(C)=O)c1)C(N)=O. The number of hydrogen-bond acceptors (Lipinski definition) is 5. The molecule has 2 atom stereocenters. The summed E-state index contributed by atoms with van der Waals surface area (Å²) in [4.78, 5) is 46.7. The van der Waals surface area contributed by atoms with Gasteiger partial charge < -0.3 is 21.1 Å². The highest BCUT2D eigenvalue weighted by Crippen LogP contribution is 2.13. The molecule has 0 fully saturated rings. The summed E-state index contributed by atoms with van der Waals surface area (Å²) in [7, 11) is 0. The zero-order valence-corrected chi connectivity index (χ0v) is 14.5. The van der Waals surface area contributed by atoms with Crippen LogP contribution in [0.15, 0.2) is 24.3 Å². The maximum Gasteiger partial charge on any atom is 0.308 e. The molecule has 0 aliphatic heterocycles. The number of anilines is 1. The highest BCUT2D eigenvalue weighted by molar-refractivity contribution is 5.99. The number of nitrogens with two attached hydrogens (primary N) is 1. The first-order valence-electron chi connectivity index (χ1n) is 7.89. The van der Waals surface area contributed by atoms with Crippen molar-refractivity contribution in [3.63, 3.8) is 0 Å². The van der Waals surface area contributed by atoms with E-state index < -0.39 is 29.7 Å². The van der Waals surface area contributed by atoms with E-state index in [4.69, 9.17) is 10.5 Å². The topological polar surface area (TPSA) is 128 Å². The van der Waals surface area contributed by atoms with Crippen molar-refractivity contribution in [1.29, 1.82) is 0 Å². The lowest BCUT2D eigenvalue weighted by atomic mass is 10.0. The highest BCUT2D eigenvalue weighted by atomic mass is 16.5. The summed E-state index contributed by atoms with van der Waals surface area (Å²) < 4.78 is 4.88. The molecule has 0 heterocycles. The van der Waals surface area contributed by atoms with Gasteiger partial charge in [0.25, 0.3) is 5.91 Å². The van der Waals surface area contributed by atoms with Crippen LogP contribution in [0.1, 0.15) is 37.6 Å². The molecule has 0 unspecified atom stereocenters. The summed E-state index contributed by atoms with van der Waals surface area (Å²) >= 11 is 0. The zero-order chi connectivity index (χ0) is 19.0. The largest absolute Gasteiger partial charge is 0.466 e. The average molecular weight is 349 g/mol. The van der Waals surface area contributed by atoms with Gasteiger partial charge in [-0.05, 0) is 31.5 Å². The second kappa shape index (κ2) is 9.41. The van der Waals surface area contributed by atoms with Crippen molar-refractivity contribution in [2.24, 2.45) is 11.7 Å². The van der Waals surface area contributed by atoms with Crippen LogP contribution >= 0.6 is 0 Å². The van der Waals surface area contributed by atoms with Crippen molar-refractivity contribution < 1.29 is 23.9 Å². The van der Waals surface area contributed by atoms with Gasteiger partial charge in [-0.3, -0.25) is 19.2 Å². The van der Waals surface area contributed by atoms with Crippen LogP contribution in [0.5, 0.6) is 0 Å². The van der Waals surface area contributed by atoms with Gasteiger partial charge in [0, 0.05) is 18.2 Å². The van der Waals surface area contributed by atoms with E-state index in [0.29, 0.717) is 5.69 Å². The maximum absolute atomic E-state index is 12.3. The molecule has 0 saturated heterocycles. The lowest BCUT2D eigenvalue weighted by Crippen LogP contribution is -2.46. The van der Waals surface area contributed by atoms with Gasteiger partial charge in [-0.1, -0.05) is 13.0 Å². The third kappa shape index (κ3) is 6.62. The van der Waals surface area contributed by atoms with Crippen molar-refractivity contribution in [1.82, 2.24) is 5.32 Å². The van der Waals surface area contributed by atoms with Crippen molar-refractivity contribution in [3.8, 4) is 0 Å². The van der Waals surface area contributed by atoms with Crippen LogP contribution in [-0.2, 0) is 19.1 Å². The van der Waals surface area contributed by atoms with Crippen LogP contribution in [0.3, 0.4) is 0 Å². The molecule has 0 radical (unpaired) electrons. The highest BCUT2D eigenvalue weighted by Gasteiger charge is 2.25. The Morgan fingerprint density at radius 3 is 2.48 bits per heavy atom. The van der Waals surface area contributed by atoms with E-state index in [2.05, 4.69) is 10.6 Å². The Morgan fingerprint density at radius 2 is 1.92 bits per heavy atom. The molecule has 1 aromatic rings. The lowest BCUT2D eigenvalue weighted by molar-refractivity contribution is -0.147. The number of esters is 1. The summed E-state index contributed by atoms with van der Waals surface area (Å²) in [5.41, 5.74) is 6.02. The molecule has 0 aliphatic carbocycles. The number of benzene rings is 1. The zero-order valence-electron chi connectivity index (χ0n) is 14.5. The fourth-order valence-corrected chi connectivity index (χ4v) is 2.16. The normalized spacial score (nSPS) is 12.6. The number of carbonyl (C=O) groups excluding carboxylic acids is 4. The summed E-state index contributed by atoms with van der Waals surface area (Å²) in [6.07, 6.45) is 0.0330. The van der Waals surface area contributed by atoms with Crippen molar-refractivity contribution >= 4 is 29.4 Å². The van der Waals surface area contributed by atoms with Crippen LogP contribution in [0, 0.1) is 5.92 Å². The predicted octanol–water partition coefficient (Wildman–Crippen LogP) is 0.818. The molecule has 4 N–H and O–H groups in total. The van der Waals surface area contributed by atoms with Crippen LogP contribution in [-0.4, -0.2) is 36.3 Å². The first kappa shape index (κ1) is 20.1. The molecule has 0 bridgehead atoms. The Balaban J connectivity index is 2.81. The molecule has 0 saturated carbocycles. The lowest BCUT2D eigenvalue weighted by Gasteiger charge is -2.19. The summed E-state index contributed by atoms with van der Waals surface area (Å²) in [5, 5.41) is 5.07. The van der Waals surface area contributed by atoms with E-state index in [-0.39, 0.29) is 24.5 Å². The van der Waals surface area contributed by atoms with Gasteiger partial charge in [0.15, 0.2) is 0 Å². The fraction of sp³-hybridized carbons (Fsp3) is 0.412. The molecule has 25 heavy (non-hydrogen) atoms. The second-order valence-corrected chi connectivity index (χ2v) is 5.58. The van der Waals surface area contributed by atoms with E-state index >= 15 is 0 Å². The van der Waals surface area contributed by atoms with Crippen LogP contribution in [0.25, 0.3) is 0 Å². The first-order valence-corrected chi connectivity index (χ1v) is 7.89.